The molecule has 5 atom stereocenters. The normalized spacial score (nSPS) is 16.3. The molecule has 14 aromatic rings. The van der Waals surface area contributed by atoms with Crippen molar-refractivity contribution in [3.05, 3.63) is 153 Å². The number of methoxy groups -OCH3 is 3. The smallest absolute Gasteiger partial charge is 0.231 e. The van der Waals surface area contributed by atoms with E-state index in [-0.39, 0.29) is 24.8 Å². The summed E-state index contributed by atoms with van der Waals surface area (Å²) in [4.78, 5) is 83.1. The average Bonchev–Trinajstić information content (AvgIpc) is 1.61. The van der Waals surface area contributed by atoms with Crippen molar-refractivity contribution in [1.29, 1.82) is 5.26 Å². The molecule has 31 heteroatoms. The van der Waals surface area contributed by atoms with Crippen LogP contribution in [0.2, 0.25) is 0 Å². The number of anilines is 1. The highest BCUT2D eigenvalue weighted by Gasteiger charge is 2.36. The van der Waals surface area contributed by atoms with E-state index in [2.05, 4.69) is 134 Å². The maximum Gasteiger partial charge on any atom is 0.231 e. The van der Waals surface area contributed by atoms with Crippen molar-refractivity contribution < 1.29 is 42.9 Å². The van der Waals surface area contributed by atoms with E-state index in [1.807, 2.05) is 101 Å². The minimum atomic E-state index is 0.103. The lowest BCUT2D eigenvalue weighted by Gasteiger charge is -2.30. The zero-order valence-corrected chi connectivity index (χ0v) is 87.0. The van der Waals surface area contributed by atoms with Crippen LogP contribution in [-0.2, 0) is 106 Å². The summed E-state index contributed by atoms with van der Waals surface area (Å²) in [5.41, 5.74) is 18.8. The number of Topliss-reactive ketones (excluding diaryl/α,β-unsaturated/α-hetero) is 3. The lowest BCUT2D eigenvalue weighted by atomic mass is 9.94. The van der Waals surface area contributed by atoms with Crippen LogP contribution in [0.15, 0.2) is 91.5 Å². The van der Waals surface area contributed by atoms with Crippen LogP contribution >= 0.6 is 90.7 Å². The van der Waals surface area contributed by atoms with Gasteiger partial charge in [0.1, 0.15) is 48.5 Å². The number of aromatic nitrogens is 8. The topological polar surface area (TPSA) is 277 Å². The second-order valence-electron chi connectivity index (χ2n) is 36.9. The summed E-state index contributed by atoms with van der Waals surface area (Å²) < 4.78 is 34.5. The fourth-order valence-corrected chi connectivity index (χ4v) is 28.7. The molecule has 4 N–H and O–H groups in total. The molecule has 136 heavy (non-hydrogen) atoms. The minimum absolute atomic E-state index is 0.103. The number of benzene rings is 4. The van der Waals surface area contributed by atoms with Crippen LogP contribution in [0.4, 0.5) is 5.00 Å². The number of rotatable bonds is 37. The summed E-state index contributed by atoms with van der Waals surface area (Å²) in [6.07, 6.45) is 27.6. The van der Waals surface area contributed by atoms with E-state index < -0.39 is 0 Å². The van der Waals surface area contributed by atoms with E-state index in [0.29, 0.717) is 91.9 Å². The number of carbonyl (C=O) groups is 4. The molecule has 1 unspecified atom stereocenters. The fourth-order valence-electron chi connectivity index (χ4n) is 18.8. The summed E-state index contributed by atoms with van der Waals surface area (Å²) in [6.45, 7) is 24.2. The van der Waals surface area contributed by atoms with Crippen molar-refractivity contribution in [3.8, 4) is 82.1 Å². The number of para-hydroxylation sites is 1. The highest BCUT2D eigenvalue weighted by atomic mass is 32.1. The van der Waals surface area contributed by atoms with Gasteiger partial charge in [0.2, 0.25) is 12.7 Å². The number of hydrogen-bond acceptors (Lipinski definition) is 28. The van der Waals surface area contributed by atoms with Crippen LogP contribution in [0.1, 0.15) is 232 Å². The average molecular weight is 1980 g/mol. The molecular formula is C105H126N14O9S8. The highest BCUT2D eigenvalue weighted by Crippen LogP contribution is 2.52. The predicted octanol–water partition coefficient (Wildman–Crippen LogP) is 24.2. The maximum absolute atomic E-state index is 13.0. The molecule has 0 bridgehead atoms. The van der Waals surface area contributed by atoms with Gasteiger partial charge in [-0.2, -0.15) is 15.5 Å². The number of aryl methyl sites for hydroxylation is 2. The SMILES string of the molecule is CCC(C)CCCC(=O)Nc1sc2c(c1-c1nc3cc4c(cc3s1)OCO4)CCN(C(C)C)C2.COCCCCCC(=O)Cc1sc2c(c1-c1nc3c(C#N)cccc3s1)CCNC2.COCCCCCC(=O)Cc1sc2c(c1-c1nc3cc(-c4cnn(C)c4)ccc3s1)C[C@@H](C)N[C@@H]2C.COCCCCCC(=O)Cc1sc2c(c1-c1nc3cc(-c4cnn(C)c4)ccc3s1)C[C@@H](C)N[C@H]2C. The second-order valence-corrected chi connectivity index (χ2v) is 45.6. The van der Waals surface area contributed by atoms with Crippen molar-refractivity contribution in [2.75, 3.05) is 66.3 Å². The summed E-state index contributed by atoms with van der Waals surface area (Å²) in [7, 11) is 9.03. The first kappa shape index (κ1) is 99.9. The molecule has 23 nitrogen and oxygen atoms in total. The lowest BCUT2D eigenvalue weighted by Crippen LogP contribution is -2.35. The monoisotopic (exact) mass is 1980 g/mol. The predicted molar refractivity (Wildman–Crippen MR) is 560 cm³/mol. The Hall–Kier alpha value is -9.05. The number of ether oxygens (including phenoxy) is 5. The number of nitrogens with one attached hydrogen (secondary N) is 4. The zero-order valence-electron chi connectivity index (χ0n) is 80.5. The van der Waals surface area contributed by atoms with Gasteiger partial charge >= 0.3 is 0 Å². The number of thiazole rings is 4. The van der Waals surface area contributed by atoms with Crippen LogP contribution in [0.3, 0.4) is 0 Å². The van der Waals surface area contributed by atoms with Crippen LogP contribution in [0.5, 0.6) is 11.5 Å². The van der Waals surface area contributed by atoms with Crippen molar-refractivity contribution >= 4 is 160 Å². The van der Waals surface area contributed by atoms with Gasteiger partial charge in [-0.25, -0.2) is 19.9 Å². The first-order valence-electron chi connectivity index (χ1n) is 48.1. The van der Waals surface area contributed by atoms with Crippen molar-refractivity contribution in [3.63, 3.8) is 0 Å². The molecule has 15 heterocycles. The Balaban J connectivity index is 0.000000132. The van der Waals surface area contributed by atoms with E-state index in [0.717, 1.165) is 255 Å². The number of carbonyl (C=O) groups excluding carboxylic acids is 4. The number of amides is 1. The molecule has 1 amide bonds. The number of nitriles is 1. The number of ketones is 3. The van der Waals surface area contributed by atoms with Gasteiger partial charge < -0.3 is 45.0 Å². The van der Waals surface area contributed by atoms with E-state index in [1.54, 1.807) is 89.4 Å². The first-order valence-corrected chi connectivity index (χ1v) is 54.7. The molecule has 718 valence electrons. The Morgan fingerprint density at radius 2 is 1.04 bits per heavy atom. The molecule has 0 spiro atoms. The van der Waals surface area contributed by atoms with Crippen LogP contribution in [0.25, 0.3) is 105 Å². The molecule has 19 rings (SSSR count). The molecule has 0 fully saturated rings. The number of thiophene rings is 4. The molecule has 0 saturated heterocycles. The Bertz CT molecular complexity index is 6340. The summed E-state index contributed by atoms with van der Waals surface area (Å²) in [5, 5.41) is 37.0. The minimum Gasteiger partial charge on any atom is -0.454 e. The second kappa shape index (κ2) is 46.8. The molecule has 0 saturated carbocycles. The molecule has 10 aromatic heterocycles. The third-order valence-electron chi connectivity index (χ3n) is 26.1. The van der Waals surface area contributed by atoms with E-state index in [1.165, 1.54) is 72.0 Å². The van der Waals surface area contributed by atoms with Crippen molar-refractivity contribution in [2.45, 2.75) is 246 Å². The van der Waals surface area contributed by atoms with E-state index >= 15 is 0 Å². The lowest BCUT2D eigenvalue weighted by molar-refractivity contribution is -0.119. The van der Waals surface area contributed by atoms with Crippen LogP contribution in [-0.4, -0.2) is 147 Å². The molecule has 0 aliphatic carbocycles. The van der Waals surface area contributed by atoms with Crippen molar-refractivity contribution in [2.24, 2.45) is 20.0 Å². The van der Waals surface area contributed by atoms with Crippen molar-refractivity contribution in [1.82, 2.24) is 60.3 Å². The summed E-state index contributed by atoms with van der Waals surface area (Å²) in [6, 6.07) is 26.8. The Kier molecular flexibility index (Phi) is 34.4. The number of nitrogens with zero attached hydrogens (tertiary/aromatic N) is 10. The third kappa shape index (κ3) is 24.1. The first-order chi connectivity index (χ1) is 66.0. The van der Waals surface area contributed by atoms with Gasteiger partial charge in [-0.05, 0) is 194 Å². The number of hydrogen-bond donors (Lipinski definition) is 4. The zero-order chi connectivity index (χ0) is 95.2. The fraction of sp³-hybridized carbons (Fsp3) is 0.476. The summed E-state index contributed by atoms with van der Waals surface area (Å²) >= 11 is 13.9. The molecule has 0 radical (unpaired) electrons. The van der Waals surface area contributed by atoms with Gasteiger partial charge in [0, 0.05) is 242 Å². The maximum atomic E-state index is 13.0. The van der Waals surface area contributed by atoms with Gasteiger partial charge in [-0.1, -0.05) is 64.2 Å². The van der Waals surface area contributed by atoms with Gasteiger partial charge in [-0.3, -0.25) is 33.4 Å². The van der Waals surface area contributed by atoms with Gasteiger partial charge in [0.05, 0.1) is 58.8 Å². The Morgan fingerprint density at radius 1 is 0.537 bits per heavy atom. The van der Waals surface area contributed by atoms with Gasteiger partial charge in [0.25, 0.3) is 0 Å². The van der Waals surface area contributed by atoms with Crippen LogP contribution in [0, 0.1) is 17.2 Å². The Labute approximate surface area is 830 Å². The summed E-state index contributed by atoms with van der Waals surface area (Å²) in [5.74, 6) is 3.22. The number of unbranched alkanes of at least 4 members (excludes halogenated alkanes) is 6. The molecular weight excluding hydrogens is 1860 g/mol. The standard InChI is InChI=1S/2C28H34N4O2S2.C26H33N3O3S2.C23H25N3O2S2/c2*1-17-12-22-26(25(35-27(22)18(2)30-17)14-21(33)8-6-5-7-11-34-4)28-31-23-13-19(9-10-24(23)36-28)20-15-29-32(3)16-20;1-5-16(4)7-6-8-23(30)28-26-24(17-9-10-29(15(2)3)13-22(17)34-26)25-27-18-11-19-20(32-14-31-19)12-21(18)33-25;1-28-11-4-2-3-7-16(27)12-19-21(17-9-10-25-14-20(17)29-19)23-26-22-15(13-24)6-5-8-18(22)30-23/h2*9-10,13,15-18,30H,5-8,11-12,14H2,1-4H3;11-12,15-16H,5-10,13-14H2,1-4H3,(H,28,30);5-6,8,25H,2-4,7,9-12,14H2,1H3/t17-,18+;17-,18-;;/m11../s1. The van der Waals surface area contributed by atoms with E-state index in [4.69, 9.17) is 43.6 Å². The molecule has 5 aliphatic heterocycles. The largest absolute Gasteiger partial charge is 0.454 e. The van der Waals surface area contributed by atoms with Gasteiger partial charge in [0.15, 0.2) is 11.5 Å². The molecule has 4 aromatic carbocycles. The highest BCUT2D eigenvalue weighted by molar-refractivity contribution is 7.24. The number of fused-ring (bicyclic) bond motifs is 9. The van der Waals surface area contributed by atoms with Gasteiger partial charge in [-0.15, -0.1) is 90.7 Å². The quantitative estimate of drug-likeness (QED) is 0.0263. The third-order valence-corrected chi connectivity index (χ3v) is 35.5. The van der Waals surface area contributed by atoms with Crippen LogP contribution < -0.4 is 30.7 Å². The molecule has 5 aliphatic rings. The Morgan fingerprint density at radius 3 is 1.56 bits per heavy atom. The van der Waals surface area contributed by atoms with E-state index in [9.17, 15) is 24.4 Å².